The standard InChI is InChI=1S/C26H28N6O3/c1-4-26(2,3)32-24(28-29-30-32)23(31-10-9-16-7-5-6-8-17(16)14-31)19-11-18-12-21-22(35-15-34-21)13-20(18)27-25(19)33/h5-8,11-13,23H,4,9-10,14-15H2,1-3H3,(H,27,33). The highest BCUT2D eigenvalue weighted by Crippen LogP contribution is 2.37. The number of fused-ring (bicyclic) bond motifs is 3. The fourth-order valence-electron chi connectivity index (χ4n) is 5.00. The summed E-state index contributed by atoms with van der Waals surface area (Å²) in [5.74, 6) is 1.98. The van der Waals surface area contributed by atoms with E-state index in [4.69, 9.17) is 9.47 Å². The van der Waals surface area contributed by atoms with Crippen LogP contribution < -0.4 is 15.0 Å². The van der Waals surface area contributed by atoms with Gasteiger partial charge in [-0.05, 0) is 60.4 Å². The van der Waals surface area contributed by atoms with Crippen molar-refractivity contribution in [2.75, 3.05) is 13.3 Å². The molecule has 2 aliphatic heterocycles. The average Bonchev–Trinajstić information content (AvgIpc) is 3.53. The van der Waals surface area contributed by atoms with Crippen LogP contribution in [0.1, 0.15) is 55.7 Å². The first-order chi connectivity index (χ1) is 16.9. The smallest absolute Gasteiger partial charge is 0.253 e. The number of pyridine rings is 1. The topological polar surface area (TPSA) is 98.2 Å². The molecule has 35 heavy (non-hydrogen) atoms. The molecule has 2 aromatic heterocycles. The van der Waals surface area contributed by atoms with Crippen LogP contribution in [0.25, 0.3) is 10.9 Å². The van der Waals surface area contributed by atoms with Gasteiger partial charge in [0.05, 0.1) is 11.1 Å². The maximum Gasteiger partial charge on any atom is 0.253 e. The third-order valence-electron chi connectivity index (χ3n) is 7.36. The van der Waals surface area contributed by atoms with E-state index in [2.05, 4.69) is 70.4 Å². The Morgan fingerprint density at radius 2 is 1.89 bits per heavy atom. The van der Waals surface area contributed by atoms with E-state index in [0.29, 0.717) is 34.9 Å². The summed E-state index contributed by atoms with van der Waals surface area (Å²) in [4.78, 5) is 18.9. The van der Waals surface area contributed by atoms with E-state index >= 15 is 0 Å². The lowest BCUT2D eigenvalue weighted by atomic mass is 9.95. The minimum atomic E-state index is -0.414. The molecule has 2 aromatic carbocycles. The van der Waals surface area contributed by atoms with Crippen molar-refractivity contribution in [3.05, 3.63) is 75.3 Å². The minimum Gasteiger partial charge on any atom is -0.454 e. The molecule has 0 saturated carbocycles. The molecule has 0 aliphatic carbocycles. The van der Waals surface area contributed by atoms with Gasteiger partial charge in [0.15, 0.2) is 17.3 Å². The molecule has 0 saturated heterocycles. The number of hydrogen-bond acceptors (Lipinski definition) is 7. The summed E-state index contributed by atoms with van der Waals surface area (Å²) >= 11 is 0. The number of tetrazole rings is 1. The summed E-state index contributed by atoms with van der Waals surface area (Å²) in [5.41, 5.74) is 3.46. The zero-order valence-corrected chi connectivity index (χ0v) is 20.1. The maximum atomic E-state index is 13.6. The predicted molar refractivity (Wildman–Crippen MR) is 131 cm³/mol. The Kier molecular flexibility index (Phi) is 5.10. The Labute approximate surface area is 202 Å². The van der Waals surface area contributed by atoms with Crippen molar-refractivity contribution >= 4 is 10.9 Å². The SMILES string of the molecule is CCC(C)(C)n1nnnc1C(c1cc2cc3c(cc2[nH]c1=O)OCO3)N1CCc2ccccc2C1. The van der Waals surface area contributed by atoms with Gasteiger partial charge in [0.2, 0.25) is 6.79 Å². The van der Waals surface area contributed by atoms with Crippen molar-refractivity contribution < 1.29 is 9.47 Å². The number of ether oxygens (including phenoxy) is 2. The van der Waals surface area contributed by atoms with Gasteiger partial charge in [-0.1, -0.05) is 31.2 Å². The van der Waals surface area contributed by atoms with Gasteiger partial charge in [-0.3, -0.25) is 9.69 Å². The van der Waals surface area contributed by atoms with E-state index in [1.165, 1.54) is 11.1 Å². The lowest BCUT2D eigenvalue weighted by Crippen LogP contribution is -2.40. The van der Waals surface area contributed by atoms with Crippen LogP contribution in [0.15, 0.2) is 47.3 Å². The zero-order chi connectivity index (χ0) is 24.2. The monoisotopic (exact) mass is 472 g/mol. The summed E-state index contributed by atoms with van der Waals surface area (Å²) < 4.78 is 13.0. The molecule has 1 atom stereocenters. The highest BCUT2D eigenvalue weighted by Gasteiger charge is 2.35. The highest BCUT2D eigenvalue weighted by atomic mass is 16.7. The van der Waals surface area contributed by atoms with E-state index in [9.17, 15) is 4.79 Å². The number of rotatable bonds is 5. The number of H-pyrrole nitrogens is 1. The fraction of sp³-hybridized carbons (Fsp3) is 0.385. The molecule has 4 heterocycles. The molecule has 1 N–H and O–H groups in total. The van der Waals surface area contributed by atoms with E-state index in [1.54, 1.807) is 0 Å². The minimum absolute atomic E-state index is 0.163. The Hall–Kier alpha value is -3.72. The van der Waals surface area contributed by atoms with Gasteiger partial charge >= 0.3 is 0 Å². The second kappa shape index (κ2) is 8.20. The normalized spacial score (nSPS) is 16.4. The predicted octanol–water partition coefficient (Wildman–Crippen LogP) is 3.54. The van der Waals surface area contributed by atoms with E-state index < -0.39 is 6.04 Å². The van der Waals surface area contributed by atoms with Crippen molar-refractivity contribution in [1.29, 1.82) is 0 Å². The molecular weight excluding hydrogens is 444 g/mol. The summed E-state index contributed by atoms with van der Waals surface area (Å²) in [7, 11) is 0. The number of nitrogens with one attached hydrogen (secondary N) is 1. The van der Waals surface area contributed by atoms with Gasteiger partial charge < -0.3 is 14.5 Å². The Bertz CT molecular complexity index is 1470. The Morgan fingerprint density at radius 1 is 1.11 bits per heavy atom. The summed E-state index contributed by atoms with van der Waals surface area (Å²) in [6.07, 6.45) is 1.74. The third-order valence-corrected chi connectivity index (χ3v) is 7.36. The van der Waals surface area contributed by atoms with Crippen molar-refractivity contribution in [2.45, 2.75) is 51.7 Å². The second-order valence-electron chi connectivity index (χ2n) is 9.85. The molecule has 0 spiro atoms. The number of nitrogens with zero attached hydrogens (tertiary/aromatic N) is 5. The molecule has 2 aliphatic rings. The van der Waals surface area contributed by atoms with Crippen LogP contribution in [0, 0.1) is 0 Å². The Balaban J connectivity index is 1.53. The van der Waals surface area contributed by atoms with Crippen LogP contribution in [0.2, 0.25) is 0 Å². The Morgan fingerprint density at radius 3 is 2.69 bits per heavy atom. The zero-order valence-electron chi connectivity index (χ0n) is 20.1. The molecule has 9 nitrogen and oxygen atoms in total. The lowest BCUT2D eigenvalue weighted by Gasteiger charge is -2.36. The molecule has 4 aromatic rings. The van der Waals surface area contributed by atoms with Crippen molar-refractivity contribution in [3.63, 3.8) is 0 Å². The number of hydrogen-bond donors (Lipinski definition) is 1. The molecule has 0 radical (unpaired) electrons. The molecule has 0 fully saturated rings. The molecule has 6 rings (SSSR count). The molecular formula is C26H28N6O3. The van der Waals surface area contributed by atoms with Crippen LogP contribution in [-0.4, -0.2) is 43.4 Å². The molecule has 1 unspecified atom stereocenters. The number of aromatic amines is 1. The van der Waals surface area contributed by atoms with E-state index in [1.807, 2.05) is 22.9 Å². The number of aromatic nitrogens is 5. The van der Waals surface area contributed by atoms with Crippen LogP contribution in [0.4, 0.5) is 0 Å². The van der Waals surface area contributed by atoms with Gasteiger partial charge in [-0.25, -0.2) is 4.68 Å². The van der Waals surface area contributed by atoms with Crippen molar-refractivity contribution in [1.82, 2.24) is 30.1 Å². The maximum absolute atomic E-state index is 13.6. The van der Waals surface area contributed by atoms with Crippen LogP contribution >= 0.6 is 0 Å². The van der Waals surface area contributed by atoms with Crippen LogP contribution in [0.5, 0.6) is 11.5 Å². The second-order valence-corrected chi connectivity index (χ2v) is 9.85. The first-order valence-electron chi connectivity index (χ1n) is 12.0. The lowest BCUT2D eigenvalue weighted by molar-refractivity contribution is 0.174. The molecule has 0 bridgehead atoms. The third kappa shape index (κ3) is 3.67. The van der Waals surface area contributed by atoms with E-state index in [0.717, 1.165) is 24.8 Å². The molecule has 9 heteroatoms. The first-order valence-corrected chi connectivity index (χ1v) is 12.0. The first kappa shape index (κ1) is 21.8. The largest absolute Gasteiger partial charge is 0.454 e. The molecule has 180 valence electrons. The molecule has 0 amide bonds. The average molecular weight is 473 g/mol. The summed E-state index contributed by atoms with van der Waals surface area (Å²) in [6.45, 7) is 8.02. The van der Waals surface area contributed by atoms with Gasteiger partial charge in [0.25, 0.3) is 5.56 Å². The summed E-state index contributed by atoms with van der Waals surface area (Å²) in [6, 6.07) is 13.7. The van der Waals surface area contributed by atoms with Crippen LogP contribution in [-0.2, 0) is 18.5 Å². The van der Waals surface area contributed by atoms with Gasteiger partial charge in [0, 0.05) is 30.1 Å². The summed E-state index contributed by atoms with van der Waals surface area (Å²) in [5, 5.41) is 13.8. The van der Waals surface area contributed by atoms with E-state index in [-0.39, 0.29) is 17.9 Å². The van der Waals surface area contributed by atoms with Gasteiger partial charge in [0.1, 0.15) is 6.04 Å². The van der Waals surface area contributed by atoms with Crippen molar-refractivity contribution in [2.24, 2.45) is 0 Å². The fourth-order valence-corrected chi connectivity index (χ4v) is 5.00. The van der Waals surface area contributed by atoms with Crippen molar-refractivity contribution in [3.8, 4) is 11.5 Å². The quantitative estimate of drug-likeness (QED) is 0.474. The van der Waals surface area contributed by atoms with Gasteiger partial charge in [-0.15, -0.1) is 5.10 Å². The number of benzene rings is 2. The highest BCUT2D eigenvalue weighted by molar-refractivity contribution is 5.83. The van der Waals surface area contributed by atoms with Gasteiger partial charge in [-0.2, -0.15) is 0 Å². The van der Waals surface area contributed by atoms with Crippen LogP contribution in [0.3, 0.4) is 0 Å².